The van der Waals surface area contributed by atoms with Crippen LogP contribution >= 0.6 is 0 Å². The van der Waals surface area contributed by atoms with Crippen LogP contribution in [0.2, 0.25) is 0 Å². The van der Waals surface area contributed by atoms with Crippen molar-refractivity contribution in [3.63, 3.8) is 0 Å². The van der Waals surface area contributed by atoms with Gasteiger partial charge in [0.05, 0.1) is 23.8 Å². The second kappa shape index (κ2) is 6.83. The molecule has 1 aromatic carbocycles. The van der Waals surface area contributed by atoms with Crippen molar-refractivity contribution in [1.29, 1.82) is 5.26 Å². The summed E-state index contributed by atoms with van der Waals surface area (Å²) in [5.41, 5.74) is 0.608. The van der Waals surface area contributed by atoms with E-state index in [2.05, 4.69) is 0 Å². The van der Waals surface area contributed by atoms with Crippen LogP contribution in [0.25, 0.3) is 0 Å². The number of rotatable bonds is 7. The Kier molecular flexibility index (Phi) is 5.40. The number of carbonyl (C=O) groups is 2. The molecule has 0 saturated heterocycles. The maximum Gasteiger partial charge on any atom is 0.322 e. The largest absolute Gasteiger partial charge is 0.481 e. The third-order valence-electron chi connectivity index (χ3n) is 2.49. The zero-order valence-electron chi connectivity index (χ0n) is 10.7. The van der Waals surface area contributed by atoms with Gasteiger partial charge in [-0.15, -0.1) is 0 Å². The predicted molar refractivity (Wildman–Crippen MR) is 69.8 cm³/mol. The Balaban J connectivity index is 2.96. The van der Waals surface area contributed by atoms with Gasteiger partial charge >= 0.3 is 11.9 Å². The van der Waals surface area contributed by atoms with Crippen molar-refractivity contribution in [2.75, 3.05) is 0 Å². The minimum absolute atomic E-state index is 0.116. The van der Waals surface area contributed by atoms with Crippen LogP contribution in [0.15, 0.2) is 29.2 Å². The van der Waals surface area contributed by atoms with E-state index in [-0.39, 0.29) is 11.3 Å². The smallest absolute Gasteiger partial charge is 0.322 e. The lowest BCUT2D eigenvalue weighted by Gasteiger charge is -2.13. The highest BCUT2D eigenvalue weighted by atomic mass is 32.2. The fourth-order valence-electron chi connectivity index (χ4n) is 1.49. The lowest BCUT2D eigenvalue weighted by molar-refractivity contribution is -0.145. The summed E-state index contributed by atoms with van der Waals surface area (Å²) in [7, 11) is -4.16. The summed E-state index contributed by atoms with van der Waals surface area (Å²) < 4.78 is 25.7. The normalized spacial score (nSPS) is 12.3. The summed E-state index contributed by atoms with van der Waals surface area (Å²) >= 11 is 0. The summed E-state index contributed by atoms with van der Waals surface area (Å²) in [6.07, 6.45) is -0.758. The van der Waals surface area contributed by atoms with Crippen molar-refractivity contribution in [3.8, 4) is 6.07 Å². The number of nitrogens with zero attached hydrogens (tertiary/aromatic N) is 1. The minimum Gasteiger partial charge on any atom is -0.481 e. The van der Waals surface area contributed by atoms with Gasteiger partial charge < -0.3 is 10.2 Å². The number of sulfonamides is 1. The molecule has 0 heterocycles. The van der Waals surface area contributed by atoms with Crippen molar-refractivity contribution in [2.45, 2.75) is 23.8 Å². The number of nitrogens with one attached hydrogen (secondary N) is 1. The van der Waals surface area contributed by atoms with Crippen molar-refractivity contribution >= 4 is 22.0 Å². The fraction of sp³-hybridized carbons (Fsp3) is 0.250. The fourth-order valence-corrected chi connectivity index (χ4v) is 2.68. The summed E-state index contributed by atoms with van der Waals surface area (Å²) in [5.74, 6) is -3.02. The van der Waals surface area contributed by atoms with Gasteiger partial charge in [0.2, 0.25) is 10.0 Å². The second-order valence-corrected chi connectivity index (χ2v) is 5.80. The van der Waals surface area contributed by atoms with Gasteiger partial charge in [-0.25, -0.2) is 8.42 Å². The average molecular weight is 312 g/mol. The van der Waals surface area contributed by atoms with Gasteiger partial charge in [0.15, 0.2) is 0 Å². The van der Waals surface area contributed by atoms with Gasteiger partial charge in [-0.05, 0) is 17.7 Å². The molecule has 1 rings (SSSR count). The summed E-state index contributed by atoms with van der Waals surface area (Å²) in [6, 6.07) is 5.42. The van der Waals surface area contributed by atoms with Gasteiger partial charge in [0.1, 0.15) is 6.04 Å². The van der Waals surface area contributed by atoms with Gasteiger partial charge in [-0.3, -0.25) is 9.59 Å². The van der Waals surface area contributed by atoms with Crippen molar-refractivity contribution in [1.82, 2.24) is 4.72 Å². The third-order valence-corrected chi connectivity index (χ3v) is 3.98. The van der Waals surface area contributed by atoms with E-state index in [1.807, 2.05) is 10.8 Å². The summed E-state index contributed by atoms with van der Waals surface area (Å²) in [4.78, 5) is 21.2. The Labute approximate surface area is 120 Å². The van der Waals surface area contributed by atoms with E-state index in [4.69, 9.17) is 15.5 Å². The van der Waals surface area contributed by atoms with Gasteiger partial charge in [0, 0.05) is 0 Å². The van der Waals surface area contributed by atoms with E-state index in [1.165, 1.54) is 24.3 Å². The number of hydrogen-bond acceptors (Lipinski definition) is 5. The molecule has 1 aromatic rings. The van der Waals surface area contributed by atoms with Crippen molar-refractivity contribution in [3.05, 3.63) is 29.8 Å². The van der Waals surface area contributed by atoms with Crippen LogP contribution in [-0.4, -0.2) is 36.6 Å². The van der Waals surface area contributed by atoms with Crippen molar-refractivity contribution < 1.29 is 28.2 Å². The predicted octanol–water partition coefficient (Wildman–Crippen LogP) is -0.0411. The van der Waals surface area contributed by atoms with Gasteiger partial charge in [-0.2, -0.15) is 9.98 Å². The van der Waals surface area contributed by atoms with E-state index < -0.39 is 34.4 Å². The van der Waals surface area contributed by atoms with Crippen LogP contribution in [-0.2, 0) is 26.0 Å². The average Bonchev–Trinajstić information content (AvgIpc) is 2.38. The molecule has 9 heteroatoms. The Morgan fingerprint density at radius 2 is 1.81 bits per heavy atom. The summed E-state index contributed by atoms with van der Waals surface area (Å²) in [6.45, 7) is 0. The first-order chi connectivity index (χ1) is 9.76. The number of hydrogen-bond donors (Lipinski definition) is 3. The molecule has 1 atom stereocenters. The molecule has 0 aromatic heterocycles. The minimum atomic E-state index is -4.16. The Bertz CT molecular complexity index is 675. The molecular formula is C12H12N2O6S. The molecule has 21 heavy (non-hydrogen) atoms. The number of nitriles is 1. The standard InChI is InChI=1S/C12H12N2O6S/c13-6-5-8-1-3-9(4-2-8)21(19,20)14-10(12(17)18)7-11(15)16/h1-4,10,14H,5,7H2,(H,15,16)(H,17,18)/t10-/m0/s1. The highest BCUT2D eigenvalue weighted by Crippen LogP contribution is 2.12. The molecule has 8 nitrogen and oxygen atoms in total. The Morgan fingerprint density at radius 3 is 2.24 bits per heavy atom. The zero-order valence-corrected chi connectivity index (χ0v) is 11.5. The van der Waals surface area contributed by atoms with Crippen LogP contribution < -0.4 is 4.72 Å². The number of aliphatic carboxylic acids is 2. The van der Waals surface area contributed by atoms with Crippen LogP contribution in [0.4, 0.5) is 0 Å². The lowest BCUT2D eigenvalue weighted by atomic mass is 10.2. The molecule has 0 bridgehead atoms. The van der Waals surface area contributed by atoms with Gasteiger partial charge in [-0.1, -0.05) is 12.1 Å². The van der Waals surface area contributed by atoms with Crippen molar-refractivity contribution in [2.24, 2.45) is 0 Å². The summed E-state index contributed by atoms with van der Waals surface area (Å²) in [5, 5.41) is 25.9. The molecule has 0 saturated carbocycles. The topological polar surface area (TPSA) is 145 Å². The Morgan fingerprint density at radius 1 is 1.24 bits per heavy atom. The molecule has 0 aliphatic carbocycles. The van der Waals surface area contributed by atoms with Crippen LogP contribution in [0.5, 0.6) is 0 Å². The highest BCUT2D eigenvalue weighted by molar-refractivity contribution is 7.89. The maximum atomic E-state index is 12.0. The van der Waals surface area contributed by atoms with Gasteiger partial charge in [0.25, 0.3) is 0 Å². The highest BCUT2D eigenvalue weighted by Gasteiger charge is 2.27. The monoisotopic (exact) mass is 312 g/mol. The molecule has 3 N–H and O–H groups in total. The molecule has 0 aliphatic heterocycles. The SMILES string of the molecule is N#CCc1ccc(S(=O)(=O)N[C@@H](CC(=O)O)C(=O)O)cc1. The van der Waals surface area contributed by atoms with Crippen LogP contribution in [0.1, 0.15) is 12.0 Å². The van der Waals surface area contributed by atoms with Crippen LogP contribution in [0.3, 0.4) is 0 Å². The first-order valence-electron chi connectivity index (χ1n) is 5.69. The van der Waals surface area contributed by atoms with E-state index in [1.54, 1.807) is 0 Å². The molecular weight excluding hydrogens is 300 g/mol. The number of carboxylic acid groups (broad SMARTS) is 2. The second-order valence-electron chi connectivity index (χ2n) is 4.09. The number of benzene rings is 1. The first-order valence-corrected chi connectivity index (χ1v) is 7.17. The quantitative estimate of drug-likeness (QED) is 0.640. The molecule has 0 amide bonds. The maximum absolute atomic E-state index is 12.0. The van der Waals surface area contributed by atoms with E-state index >= 15 is 0 Å². The molecule has 0 fully saturated rings. The third kappa shape index (κ3) is 4.87. The lowest BCUT2D eigenvalue weighted by Crippen LogP contribution is -2.42. The molecule has 112 valence electrons. The van der Waals surface area contributed by atoms with Crippen LogP contribution in [0, 0.1) is 11.3 Å². The molecule has 0 radical (unpaired) electrons. The van der Waals surface area contributed by atoms with E-state index in [9.17, 15) is 18.0 Å². The van der Waals surface area contributed by atoms with E-state index in [0.29, 0.717) is 5.56 Å². The molecule has 0 aliphatic rings. The zero-order chi connectivity index (χ0) is 16.0. The molecule has 0 spiro atoms. The first kappa shape index (κ1) is 16.6. The number of carboxylic acids is 2. The molecule has 0 unspecified atom stereocenters. The van der Waals surface area contributed by atoms with E-state index in [0.717, 1.165) is 0 Å². The Hall–Kier alpha value is -2.44.